The van der Waals surface area contributed by atoms with Gasteiger partial charge < -0.3 is 24.3 Å². The molecule has 212 valence electrons. The number of carbonyl (C=O) groups excluding carboxylic acids is 1. The normalized spacial score (nSPS) is 27.6. The second kappa shape index (κ2) is 10.7. The third-order valence-electron chi connectivity index (χ3n) is 9.26. The summed E-state index contributed by atoms with van der Waals surface area (Å²) in [7, 11) is 3.08. The topological polar surface area (TPSA) is 117 Å². The number of para-hydroxylation sites is 2. The summed E-state index contributed by atoms with van der Waals surface area (Å²) < 4.78 is 1.81. The highest BCUT2D eigenvalue weighted by molar-refractivity contribution is 6.44. The molecule has 4 bridgehead atoms. The molecule has 2 saturated carbocycles. The summed E-state index contributed by atoms with van der Waals surface area (Å²) in [6, 6.07) is 8.14. The van der Waals surface area contributed by atoms with Gasteiger partial charge in [0.1, 0.15) is 0 Å². The Kier molecular flexibility index (Phi) is 7.10. The van der Waals surface area contributed by atoms with Crippen LogP contribution in [0.4, 0.5) is 0 Å². The Bertz CT molecular complexity index is 1420. The van der Waals surface area contributed by atoms with Crippen molar-refractivity contribution in [2.75, 3.05) is 20.7 Å². The number of hydrogen-bond acceptors (Lipinski definition) is 7. The highest BCUT2D eigenvalue weighted by atomic mass is 16.6. The molecule has 2 saturated heterocycles. The molecule has 4 fully saturated rings. The molecule has 1 N–H and O–H groups in total. The van der Waals surface area contributed by atoms with Gasteiger partial charge in [0.05, 0.1) is 11.0 Å². The van der Waals surface area contributed by atoms with Gasteiger partial charge >= 0.3 is 5.97 Å². The van der Waals surface area contributed by atoms with E-state index in [4.69, 9.17) is 9.94 Å². The van der Waals surface area contributed by atoms with Crippen molar-refractivity contribution in [3.8, 4) is 0 Å². The van der Waals surface area contributed by atoms with E-state index in [0.29, 0.717) is 17.6 Å². The first-order chi connectivity index (χ1) is 19.3. The predicted molar refractivity (Wildman–Crippen MR) is 150 cm³/mol. The fourth-order valence-electron chi connectivity index (χ4n) is 7.38. The first-order valence-electron chi connectivity index (χ1n) is 14.5. The van der Waals surface area contributed by atoms with Crippen molar-refractivity contribution in [2.24, 2.45) is 17.0 Å². The summed E-state index contributed by atoms with van der Waals surface area (Å²) in [5.74, 6) is -0.284. The molecule has 3 unspecified atom stereocenters. The highest BCUT2D eigenvalue weighted by Gasteiger charge is 2.43. The van der Waals surface area contributed by atoms with Crippen LogP contribution in [0.5, 0.6) is 0 Å². The molecule has 0 radical (unpaired) electrons. The second-order valence-corrected chi connectivity index (χ2v) is 11.9. The van der Waals surface area contributed by atoms with E-state index in [1.165, 1.54) is 51.1 Å². The summed E-state index contributed by atoms with van der Waals surface area (Å²) in [6.07, 6.45) is 12.9. The number of nitrogens with zero attached hydrogens (tertiary/aromatic N) is 5. The number of allylic oxidation sites excluding steroid dienone is 1. The van der Waals surface area contributed by atoms with Crippen LogP contribution >= 0.6 is 0 Å². The monoisotopic (exact) mass is 547 g/mol. The van der Waals surface area contributed by atoms with Gasteiger partial charge in [-0.1, -0.05) is 23.7 Å². The van der Waals surface area contributed by atoms with Gasteiger partial charge in [0.15, 0.2) is 11.4 Å². The molecule has 1 aromatic heterocycles. The standard InChI is InChI=1S/C30H37N5O5/c1-33(2)29(38)28(32-40-17-26(36)37)27-30(39)35(25-12-4-3-11-24(25)31-27)22-14-20-9-6-10-21(15-22)34(20)16-23-18-7-5-8-19(23)13-18/h3-4,11-12,16,18-22H,5-10,13-15,17H2,1-2H3,(H,36,37)/t18?,19?,20-,21+,22?. The maximum atomic E-state index is 14.2. The summed E-state index contributed by atoms with van der Waals surface area (Å²) in [5.41, 5.74) is 2.12. The van der Waals surface area contributed by atoms with Gasteiger partial charge in [-0.2, -0.15) is 0 Å². The van der Waals surface area contributed by atoms with E-state index in [1.54, 1.807) is 10.1 Å². The highest BCUT2D eigenvalue weighted by Crippen LogP contribution is 2.51. The van der Waals surface area contributed by atoms with Crippen molar-refractivity contribution < 1.29 is 19.5 Å². The molecule has 3 heterocycles. The Balaban J connectivity index is 1.39. The maximum absolute atomic E-state index is 14.2. The van der Waals surface area contributed by atoms with Crippen molar-refractivity contribution >= 4 is 28.6 Å². The van der Waals surface area contributed by atoms with Crippen molar-refractivity contribution in [1.29, 1.82) is 0 Å². The quantitative estimate of drug-likeness (QED) is 0.416. The fraction of sp³-hybridized carbons (Fsp3) is 0.567. The molecule has 10 nitrogen and oxygen atoms in total. The number of aromatic nitrogens is 2. The number of benzene rings is 1. The predicted octanol–water partition coefficient (Wildman–Crippen LogP) is 3.55. The van der Waals surface area contributed by atoms with E-state index < -0.39 is 24.0 Å². The second-order valence-electron chi connectivity index (χ2n) is 11.9. The van der Waals surface area contributed by atoms with Crippen LogP contribution < -0.4 is 5.56 Å². The molecule has 2 aliphatic carbocycles. The summed E-state index contributed by atoms with van der Waals surface area (Å²) >= 11 is 0. The third kappa shape index (κ3) is 4.77. The van der Waals surface area contributed by atoms with Gasteiger partial charge in [0.25, 0.3) is 11.5 Å². The number of fused-ring (bicyclic) bond motifs is 5. The molecule has 2 aliphatic heterocycles. The first-order valence-corrected chi connectivity index (χ1v) is 14.5. The molecular formula is C30H37N5O5. The van der Waals surface area contributed by atoms with Gasteiger partial charge in [-0.15, -0.1) is 0 Å². The number of hydrogen-bond donors (Lipinski definition) is 1. The summed E-state index contributed by atoms with van der Waals surface area (Å²) in [6.45, 7) is -0.731. The molecule has 40 heavy (non-hydrogen) atoms. The summed E-state index contributed by atoms with van der Waals surface area (Å²) in [4.78, 5) is 51.6. The lowest BCUT2D eigenvalue weighted by atomic mass is 9.61. The lowest BCUT2D eigenvalue weighted by molar-refractivity contribution is -0.142. The van der Waals surface area contributed by atoms with Gasteiger partial charge in [-0.3, -0.25) is 9.59 Å². The Labute approximate surface area is 233 Å². The molecule has 6 rings (SSSR count). The van der Waals surface area contributed by atoms with Crippen LogP contribution in [0, 0.1) is 11.8 Å². The smallest absolute Gasteiger partial charge is 0.344 e. The van der Waals surface area contributed by atoms with Crippen molar-refractivity contribution in [2.45, 2.75) is 75.9 Å². The van der Waals surface area contributed by atoms with E-state index >= 15 is 0 Å². The molecule has 1 aromatic carbocycles. The SMILES string of the molecule is CN(C)C(=O)C(=NOCC(=O)O)c1nc2ccccc2n(C2C[C@H]3CCC[C@@H](C2)N3C=C2C3CCCC2C3)c1=O. The minimum absolute atomic E-state index is 0.0550. The number of carbonyl (C=O) groups is 2. The van der Waals surface area contributed by atoms with E-state index in [1.807, 2.05) is 24.3 Å². The molecule has 0 spiro atoms. The summed E-state index contributed by atoms with van der Waals surface area (Å²) in [5, 5.41) is 12.8. The van der Waals surface area contributed by atoms with Gasteiger partial charge in [-0.25, -0.2) is 9.78 Å². The average Bonchev–Trinajstić information content (AvgIpc) is 2.93. The Morgan fingerprint density at radius 2 is 1.73 bits per heavy atom. The zero-order valence-corrected chi connectivity index (χ0v) is 23.2. The lowest BCUT2D eigenvalue weighted by Crippen LogP contribution is -2.51. The molecule has 1 amide bonds. The fourth-order valence-corrected chi connectivity index (χ4v) is 7.38. The number of carboxylic acids is 1. The van der Waals surface area contributed by atoms with Crippen LogP contribution in [0.1, 0.15) is 69.5 Å². The molecular weight excluding hydrogens is 510 g/mol. The van der Waals surface area contributed by atoms with Crippen LogP contribution in [-0.4, -0.2) is 74.8 Å². The van der Waals surface area contributed by atoms with E-state index in [2.05, 4.69) is 21.2 Å². The number of carboxylic acid groups (broad SMARTS) is 1. The van der Waals surface area contributed by atoms with E-state index in [-0.39, 0.29) is 17.4 Å². The van der Waals surface area contributed by atoms with Crippen molar-refractivity contribution in [3.63, 3.8) is 0 Å². The number of aliphatic carboxylic acids is 1. The minimum atomic E-state index is -1.23. The van der Waals surface area contributed by atoms with Crippen molar-refractivity contribution in [3.05, 3.63) is 52.1 Å². The van der Waals surface area contributed by atoms with E-state index in [0.717, 1.165) is 43.0 Å². The molecule has 4 aliphatic rings. The van der Waals surface area contributed by atoms with Gasteiger partial charge in [0, 0.05) is 32.2 Å². The van der Waals surface area contributed by atoms with E-state index in [9.17, 15) is 14.4 Å². The first kappa shape index (κ1) is 26.5. The van der Waals surface area contributed by atoms with Crippen LogP contribution in [-0.2, 0) is 14.4 Å². The van der Waals surface area contributed by atoms with Crippen LogP contribution in [0.15, 0.2) is 46.0 Å². The average molecular weight is 548 g/mol. The Morgan fingerprint density at radius 3 is 2.38 bits per heavy atom. The number of amides is 1. The molecule has 5 atom stereocenters. The number of likely N-dealkylation sites (N-methyl/N-ethyl adjacent to an activating group) is 1. The molecule has 10 heteroatoms. The zero-order valence-electron chi connectivity index (χ0n) is 23.2. The lowest BCUT2D eigenvalue weighted by Gasteiger charge is -2.52. The Hall–Kier alpha value is -3.69. The van der Waals surface area contributed by atoms with Crippen LogP contribution in [0.2, 0.25) is 0 Å². The number of piperidine rings is 2. The van der Waals surface area contributed by atoms with Crippen LogP contribution in [0.3, 0.4) is 0 Å². The van der Waals surface area contributed by atoms with Crippen molar-refractivity contribution in [1.82, 2.24) is 19.4 Å². The number of rotatable bonds is 7. The largest absolute Gasteiger partial charge is 0.479 e. The zero-order chi connectivity index (χ0) is 28.0. The van der Waals surface area contributed by atoms with Gasteiger partial charge in [-0.05, 0) is 87.1 Å². The number of oxime groups is 1. The maximum Gasteiger partial charge on any atom is 0.344 e. The van der Waals surface area contributed by atoms with Crippen LogP contribution in [0.25, 0.3) is 11.0 Å². The molecule has 2 aromatic rings. The Morgan fingerprint density at radius 1 is 1.05 bits per heavy atom. The minimum Gasteiger partial charge on any atom is -0.479 e. The van der Waals surface area contributed by atoms with Gasteiger partial charge in [0.2, 0.25) is 6.61 Å². The third-order valence-corrected chi connectivity index (χ3v) is 9.26.